The van der Waals surface area contributed by atoms with Gasteiger partial charge in [0.15, 0.2) is 5.82 Å². The quantitative estimate of drug-likeness (QED) is 0.669. The summed E-state index contributed by atoms with van der Waals surface area (Å²) in [6, 6.07) is 11.3. The minimum atomic E-state index is -0.246. The Balaban J connectivity index is 1.67. The number of nitrogens with one attached hydrogen (secondary N) is 2. The van der Waals surface area contributed by atoms with Gasteiger partial charge in [0.1, 0.15) is 5.82 Å². The second kappa shape index (κ2) is 6.82. The lowest BCUT2D eigenvalue weighted by molar-refractivity contribution is 0.101. The number of pyridine rings is 1. The molecule has 2 aromatic heterocycles. The van der Waals surface area contributed by atoms with Crippen LogP contribution in [0.2, 0.25) is 0 Å². The average molecular weight is 322 g/mol. The third-order valence-electron chi connectivity index (χ3n) is 3.53. The first kappa shape index (κ1) is 15.5. The number of carbonyl (C=O) groups excluding carboxylic acids is 1. The molecule has 0 aliphatic heterocycles. The minimum absolute atomic E-state index is 0.246. The molecule has 0 aliphatic rings. The molecule has 0 radical (unpaired) electrons. The number of anilines is 3. The predicted octanol–water partition coefficient (Wildman–Crippen LogP) is 2.26. The van der Waals surface area contributed by atoms with E-state index in [0.717, 1.165) is 11.3 Å². The lowest BCUT2D eigenvalue weighted by Gasteiger charge is -2.10. The first-order valence-corrected chi connectivity index (χ1v) is 7.45. The molecule has 0 fully saturated rings. The molecule has 24 heavy (non-hydrogen) atoms. The van der Waals surface area contributed by atoms with Crippen LogP contribution >= 0.6 is 0 Å². The molecule has 7 nitrogen and oxygen atoms in total. The Morgan fingerprint density at radius 1 is 1.21 bits per heavy atom. The molecule has 0 unspecified atom stereocenters. The SMILES string of the molecule is Cn1ccnc1C(=O)Nc1cccc(CNc2cccnc2N)c1. The van der Waals surface area contributed by atoms with Gasteiger partial charge in [-0.3, -0.25) is 4.79 Å². The van der Waals surface area contributed by atoms with Crippen molar-refractivity contribution in [2.75, 3.05) is 16.4 Å². The molecule has 4 N–H and O–H groups in total. The van der Waals surface area contributed by atoms with Gasteiger partial charge in [-0.15, -0.1) is 0 Å². The van der Waals surface area contributed by atoms with Crippen molar-refractivity contribution < 1.29 is 4.79 Å². The topological polar surface area (TPSA) is 97.9 Å². The molecule has 1 aromatic carbocycles. The number of carbonyl (C=O) groups is 1. The largest absolute Gasteiger partial charge is 0.382 e. The van der Waals surface area contributed by atoms with E-state index in [1.54, 1.807) is 30.2 Å². The van der Waals surface area contributed by atoms with Crippen LogP contribution in [0.4, 0.5) is 17.2 Å². The van der Waals surface area contributed by atoms with Crippen molar-refractivity contribution in [3.05, 3.63) is 66.4 Å². The number of amides is 1. The summed E-state index contributed by atoms with van der Waals surface area (Å²) in [4.78, 5) is 20.3. The average Bonchev–Trinajstić information content (AvgIpc) is 3.01. The van der Waals surface area contributed by atoms with Crippen LogP contribution in [0.15, 0.2) is 55.0 Å². The molecule has 0 saturated heterocycles. The van der Waals surface area contributed by atoms with Gasteiger partial charge in [-0.25, -0.2) is 9.97 Å². The van der Waals surface area contributed by atoms with Crippen LogP contribution < -0.4 is 16.4 Å². The van der Waals surface area contributed by atoms with Crippen molar-refractivity contribution in [2.24, 2.45) is 7.05 Å². The first-order valence-electron chi connectivity index (χ1n) is 7.45. The number of imidazole rings is 1. The second-order valence-corrected chi connectivity index (χ2v) is 5.31. The number of aryl methyl sites for hydroxylation is 1. The molecule has 3 aromatic rings. The molecule has 3 rings (SSSR count). The van der Waals surface area contributed by atoms with E-state index in [1.165, 1.54) is 0 Å². The molecule has 7 heteroatoms. The van der Waals surface area contributed by atoms with Crippen molar-refractivity contribution in [1.82, 2.24) is 14.5 Å². The summed E-state index contributed by atoms with van der Waals surface area (Å²) in [5.74, 6) is 0.572. The molecule has 0 bridgehead atoms. The molecular formula is C17H18N6O. The number of hydrogen-bond acceptors (Lipinski definition) is 5. The van der Waals surface area contributed by atoms with E-state index in [1.807, 2.05) is 36.4 Å². The Morgan fingerprint density at radius 3 is 2.83 bits per heavy atom. The number of hydrogen-bond donors (Lipinski definition) is 3. The number of nitrogen functional groups attached to an aromatic ring is 1. The predicted molar refractivity (Wildman–Crippen MR) is 93.6 cm³/mol. The monoisotopic (exact) mass is 322 g/mol. The van der Waals surface area contributed by atoms with Gasteiger partial charge in [0.2, 0.25) is 0 Å². The fourth-order valence-corrected chi connectivity index (χ4v) is 2.29. The van der Waals surface area contributed by atoms with Crippen LogP contribution in [0.5, 0.6) is 0 Å². The molecule has 122 valence electrons. The molecule has 0 saturated carbocycles. The van der Waals surface area contributed by atoms with E-state index in [4.69, 9.17) is 5.73 Å². The maximum absolute atomic E-state index is 12.2. The second-order valence-electron chi connectivity index (χ2n) is 5.31. The first-order chi connectivity index (χ1) is 11.6. The zero-order valence-electron chi connectivity index (χ0n) is 13.2. The van der Waals surface area contributed by atoms with Gasteiger partial charge in [0, 0.05) is 37.9 Å². The number of nitrogens with two attached hydrogens (primary N) is 1. The van der Waals surface area contributed by atoms with E-state index in [9.17, 15) is 4.79 Å². The molecule has 2 heterocycles. The van der Waals surface area contributed by atoms with Crippen molar-refractivity contribution in [1.29, 1.82) is 0 Å². The smallest absolute Gasteiger partial charge is 0.291 e. The van der Waals surface area contributed by atoms with Gasteiger partial charge >= 0.3 is 0 Å². The van der Waals surface area contributed by atoms with Crippen molar-refractivity contribution in [3.8, 4) is 0 Å². The standard InChI is InChI=1S/C17H18N6O/c1-23-9-8-20-16(23)17(24)22-13-5-2-4-12(10-13)11-21-14-6-3-7-19-15(14)18/h2-10,21H,11H2,1H3,(H2,18,19)(H,22,24). The fraction of sp³-hybridized carbons (Fsp3) is 0.118. The Bertz CT molecular complexity index is 858. The minimum Gasteiger partial charge on any atom is -0.382 e. The Labute approximate surface area is 139 Å². The zero-order chi connectivity index (χ0) is 16.9. The lowest BCUT2D eigenvalue weighted by Crippen LogP contribution is -2.16. The molecule has 0 atom stereocenters. The summed E-state index contributed by atoms with van der Waals surface area (Å²) in [6.07, 6.45) is 4.97. The number of aromatic nitrogens is 3. The van der Waals surface area contributed by atoms with Crippen molar-refractivity contribution in [2.45, 2.75) is 6.54 Å². The maximum Gasteiger partial charge on any atom is 0.291 e. The summed E-state index contributed by atoms with van der Waals surface area (Å²) in [7, 11) is 1.78. The summed E-state index contributed by atoms with van der Waals surface area (Å²) >= 11 is 0. The fourth-order valence-electron chi connectivity index (χ4n) is 2.29. The Hall–Kier alpha value is -3.35. The van der Waals surface area contributed by atoms with E-state index in [-0.39, 0.29) is 5.91 Å². The highest BCUT2D eigenvalue weighted by molar-refractivity contribution is 6.01. The van der Waals surface area contributed by atoms with Crippen LogP contribution in [0, 0.1) is 0 Å². The highest BCUT2D eigenvalue weighted by Crippen LogP contribution is 2.17. The van der Waals surface area contributed by atoms with Crippen LogP contribution in [0.25, 0.3) is 0 Å². The Morgan fingerprint density at radius 2 is 2.08 bits per heavy atom. The van der Waals surface area contributed by atoms with Gasteiger partial charge in [0.25, 0.3) is 5.91 Å². The molecule has 0 aliphatic carbocycles. The van der Waals surface area contributed by atoms with Crippen molar-refractivity contribution >= 4 is 23.1 Å². The maximum atomic E-state index is 12.2. The molecular weight excluding hydrogens is 304 g/mol. The summed E-state index contributed by atoms with van der Waals surface area (Å²) < 4.78 is 1.67. The number of rotatable bonds is 5. The summed E-state index contributed by atoms with van der Waals surface area (Å²) in [6.45, 7) is 0.571. The normalized spacial score (nSPS) is 10.4. The lowest BCUT2D eigenvalue weighted by atomic mass is 10.2. The van der Waals surface area contributed by atoms with Gasteiger partial charge in [-0.1, -0.05) is 12.1 Å². The van der Waals surface area contributed by atoms with Crippen LogP contribution in [0.3, 0.4) is 0 Å². The van der Waals surface area contributed by atoms with Crippen LogP contribution in [-0.4, -0.2) is 20.4 Å². The highest BCUT2D eigenvalue weighted by atomic mass is 16.2. The molecule has 1 amide bonds. The number of nitrogens with zero attached hydrogens (tertiary/aromatic N) is 3. The van der Waals surface area contributed by atoms with Crippen molar-refractivity contribution in [3.63, 3.8) is 0 Å². The van der Waals surface area contributed by atoms with Gasteiger partial charge in [-0.05, 0) is 29.8 Å². The highest BCUT2D eigenvalue weighted by Gasteiger charge is 2.11. The van der Waals surface area contributed by atoms with E-state index in [0.29, 0.717) is 23.9 Å². The van der Waals surface area contributed by atoms with Crippen LogP contribution in [-0.2, 0) is 13.6 Å². The van der Waals surface area contributed by atoms with E-state index in [2.05, 4.69) is 20.6 Å². The molecule has 0 spiro atoms. The summed E-state index contributed by atoms with van der Waals surface area (Å²) in [5.41, 5.74) is 8.31. The van der Waals surface area contributed by atoms with E-state index < -0.39 is 0 Å². The Kier molecular flexibility index (Phi) is 4.42. The third-order valence-corrected chi connectivity index (χ3v) is 3.53. The van der Waals surface area contributed by atoms with Gasteiger partial charge in [-0.2, -0.15) is 0 Å². The summed E-state index contributed by atoms with van der Waals surface area (Å²) in [5, 5.41) is 6.08. The third kappa shape index (κ3) is 3.52. The van der Waals surface area contributed by atoms with Crippen LogP contribution in [0.1, 0.15) is 16.2 Å². The zero-order valence-corrected chi connectivity index (χ0v) is 13.2. The van der Waals surface area contributed by atoms with Gasteiger partial charge in [0.05, 0.1) is 5.69 Å². The van der Waals surface area contributed by atoms with Gasteiger partial charge < -0.3 is 20.9 Å². The number of benzene rings is 1. The van der Waals surface area contributed by atoms with E-state index >= 15 is 0 Å².